The van der Waals surface area contributed by atoms with Crippen LogP contribution in [0, 0.1) is 0 Å². The highest BCUT2D eigenvalue weighted by Crippen LogP contribution is 2.36. The highest BCUT2D eigenvalue weighted by molar-refractivity contribution is 5.72. The van der Waals surface area contributed by atoms with Gasteiger partial charge in [0, 0.05) is 11.5 Å². The molecule has 0 amide bonds. The van der Waals surface area contributed by atoms with Crippen molar-refractivity contribution in [2.75, 3.05) is 6.61 Å². The quantitative estimate of drug-likeness (QED) is 0.750. The van der Waals surface area contributed by atoms with Crippen molar-refractivity contribution >= 4 is 5.57 Å². The summed E-state index contributed by atoms with van der Waals surface area (Å²) in [7, 11) is 0. The summed E-state index contributed by atoms with van der Waals surface area (Å²) in [4.78, 5) is 0. The van der Waals surface area contributed by atoms with Crippen LogP contribution in [0.1, 0.15) is 17.0 Å². The van der Waals surface area contributed by atoms with Gasteiger partial charge in [-0.05, 0) is 11.1 Å². The monoisotopic (exact) mass is 222 g/mol. The van der Waals surface area contributed by atoms with Gasteiger partial charge in [0.15, 0.2) is 0 Å². The van der Waals surface area contributed by atoms with Gasteiger partial charge in [-0.2, -0.15) is 0 Å². The molecule has 0 saturated carbocycles. The number of rotatable bonds is 2. The molecule has 1 heterocycles. The smallest absolute Gasteiger partial charge is 0.0983 e. The summed E-state index contributed by atoms with van der Waals surface area (Å²) in [5, 5.41) is 0. The Labute approximate surface area is 101 Å². The average molecular weight is 222 g/mol. The Bertz CT molecular complexity index is 514. The normalized spacial score (nSPS) is 18.6. The van der Waals surface area contributed by atoms with Gasteiger partial charge in [0.1, 0.15) is 0 Å². The molecule has 1 atom stereocenters. The number of ether oxygens (including phenoxy) is 1. The SMILES string of the molecule is C1=C(c2ccccc2)C(c2ccccc2)CO1. The average Bonchev–Trinajstić information content (AvgIpc) is 2.90. The Balaban J connectivity index is 1.96. The van der Waals surface area contributed by atoms with E-state index in [9.17, 15) is 0 Å². The molecular weight excluding hydrogens is 208 g/mol. The highest BCUT2D eigenvalue weighted by Gasteiger charge is 2.23. The van der Waals surface area contributed by atoms with Crippen molar-refractivity contribution < 1.29 is 4.74 Å². The molecule has 2 aromatic carbocycles. The molecule has 0 N–H and O–H groups in total. The second kappa shape index (κ2) is 4.46. The minimum absolute atomic E-state index is 0.360. The lowest BCUT2D eigenvalue weighted by Crippen LogP contribution is -2.01. The van der Waals surface area contributed by atoms with Crippen LogP contribution in [0.5, 0.6) is 0 Å². The molecule has 1 heteroatoms. The number of benzene rings is 2. The standard InChI is InChI=1S/C16H14O/c1-3-7-13(8-4-1)15-11-17-12-16(15)14-9-5-2-6-10-14/h1-11,16H,12H2. The van der Waals surface area contributed by atoms with Gasteiger partial charge in [0.2, 0.25) is 0 Å². The first-order chi connectivity index (χ1) is 8.45. The van der Waals surface area contributed by atoms with Gasteiger partial charge in [-0.1, -0.05) is 60.7 Å². The van der Waals surface area contributed by atoms with Crippen molar-refractivity contribution in [3.63, 3.8) is 0 Å². The molecule has 1 nitrogen and oxygen atoms in total. The fourth-order valence-electron chi connectivity index (χ4n) is 2.27. The fourth-order valence-corrected chi connectivity index (χ4v) is 2.27. The molecule has 3 rings (SSSR count). The van der Waals surface area contributed by atoms with Crippen LogP contribution in [0.25, 0.3) is 5.57 Å². The predicted octanol–water partition coefficient (Wildman–Crippen LogP) is 3.84. The van der Waals surface area contributed by atoms with Gasteiger partial charge in [0.05, 0.1) is 12.9 Å². The molecule has 0 aromatic heterocycles. The molecule has 0 fully saturated rings. The van der Waals surface area contributed by atoms with E-state index >= 15 is 0 Å². The van der Waals surface area contributed by atoms with Gasteiger partial charge < -0.3 is 4.74 Å². The van der Waals surface area contributed by atoms with E-state index in [0.29, 0.717) is 5.92 Å². The van der Waals surface area contributed by atoms with Crippen LogP contribution in [0.4, 0.5) is 0 Å². The van der Waals surface area contributed by atoms with Gasteiger partial charge in [0.25, 0.3) is 0 Å². The lowest BCUT2D eigenvalue weighted by Gasteiger charge is -2.13. The second-order valence-corrected chi connectivity index (χ2v) is 4.24. The van der Waals surface area contributed by atoms with Crippen molar-refractivity contribution in [2.24, 2.45) is 0 Å². The summed E-state index contributed by atoms with van der Waals surface area (Å²) in [6.07, 6.45) is 1.90. The second-order valence-electron chi connectivity index (χ2n) is 4.24. The molecule has 1 aliphatic rings. The van der Waals surface area contributed by atoms with E-state index < -0.39 is 0 Å². The molecule has 0 bridgehead atoms. The van der Waals surface area contributed by atoms with Gasteiger partial charge >= 0.3 is 0 Å². The van der Waals surface area contributed by atoms with Crippen LogP contribution in [0.3, 0.4) is 0 Å². The number of hydrogen-bond donors (Lipinski definition) is 0. The van der Waals surface area contributed by atoms with Crippen LogP contribution in [0.2, 0.25) is 0 Å². The largest absolute Gasteiger partial charge is 0.500 e. The maximum Gasteiger partial charge on any atom is 0.0983 e. The Kier molecular flexibility index (Phi) is 2.66. The molecule has 84 valence electrons. The fraction of sp³-hybridized carbons (Fsp3) is 0.125. The Hall–Kier alpha value is -2.02. The molecule has 2 aromatic rings. The maximum absolute atomic E-state index is 5.52. The van der Waals surface area contributed by atoms with Crippen LogP contribution in [-0.4, -0.2) is 6.61 Å². The third-order valence-electron chi connectivity index (χ3n) is 3.16. The number of hydrogen-bond acceptors (Lipinski definition) is 1. The molecular formula is C16H14O. The summed E-state index contributed by atoms with van der Waals surface area (Å²) in [6, 6.07) is 21.0. The minimum Gasteiger partial charge on any atom is -0.500 e. The molecule has 0 spiro atoms. The highest BCUT2D eigenvalue weighted by atomic mass is 16.5. The van der Waals surface area contributed by atoms with E-state index in [2.05, 4.69) is 48.5 Å². The summed E-state index contributed by atoms with van der Waals surface area (Å²) < 4.78 is 5.52. The van der Waals surface area contributed by atoms with Crippen LogP contribution in [0.15, 0.2) is 66.9 Å². The molecule has 17 heavy (non-hydrogen) atoms. The van der Waals surface area contributed by atoms with E-state index in [0.717, 1.165) is 6.61 Å². The van der Waals surface area contributed by atoms with Crippen molar-refractivity contribution in [3.05, 3.63) is 78.1 Å². The molecule has 0 saturated heterocycles. The summed E-state index contributed by atoms with van der Waals surface area (Å²) >= 11 is 0. The Morgan fingerprint density at radius 2 is 1.47 bits per heavy atom. The predicted molar refractivity (Wildman–Crippen MR) is 69.6 cm³/mol. The zero-order valence-corrected chi connectivity index (χ0v) is 9.54. The third-order valence-corrected chi connectivity index (χ3v) is 3.16. The molecule has 0 aliphatic carbocycles. The summed E-state index contributed by atoms with van der Waals surface area (Å²) in [6.45, 7) is 0.744. The van der Waals surface area contributed by atoms with Crippen molar-refractivity contribution in [3.8, 4) is 0 Å². The minimum atomic E-state index is 0.360. The lowest BCUT2D eigenvalue weighted by molar-refractivity contribution is 0.269. The summed E-state index contributed by atoms with van der Waals surface area (Å²) in [5.41, 5.74) is 3.84. The maximum atomic E-state index is 5.52. The van der Waals surface area contributed by atoms with E-state index in [-0.39, 0.29) is 0 Å². The molecule has 1 aliphatic heterocycles. The van der Waals surface area contributed by atoms with E-state index in [1.807, 2.05) is 18.4 Å². The lowest BCUT2D eigenvalue weighted by atomic mass is 9.89. The van der Waals surface area contributed by atoms with E-state index in [1.54, 1.807) is 0 Å². The van der Waals surface area contributed by atoms with Gasteiger partial charge in [-0.25, -0.2) is 0 Å². The van der Waals surface area contributed by atoms with Crippen LogP contribution < -0.4 is 0 Å². The van der Waals surface area contributed by atoms with Crippen molar-refractivity contribution in [1.82, 2.24) is 0 Å². The molecule has 0 radical (unpaired) electrons. The zero-order chi connectivity index (χ0) is 11.5. The van der Waals surface area contributed by atoms with Crippen molar-refractivity contribution in [2.45, 2.75) is 5.92 Å². The van der Waals surface area contributed by atoms with E-state index in [1.165, 1.54) is 16.7 Å². The first-order valence-corrected chi connectivity index (χ1v) is 5.87. The van der Waals surface area contributed by atoms with Crippen molar-refractivity contribution in [1.29, 1.82) is 0 Å². The van der Waals surface area contributed by atoms with Crippen LogP contribution >= 0.6 is 0 Å². The van der Waals surface area contributed by atoms with Gasteiger partial charge in [-0.3, -0.25) is 0 Å². The topological polar surface area (TPSA) is 9.23 Å². The Morgan fingerprint density at radius 3 is 2.18 bits per heavy atom. The Morgan fingerprint density at radius 1 is 0.824 bits per heavy atom. The molecule has 1 unspecified atom stereocenters. The first kappa shape index (κ1) is 10.2. The first-order valence-electron chi connectivity index (χ1n) is 5.87. The third kappa shape index (κ3) is 1.96. The van der Waals surface area contributed by atoms with Gasteiger partial charge in [-0.15, -0.1) is 0 Å². The van der Waals surface area contributed by atoms with Crippen LogP contribution in [-0.2, 0) is 4.74 Å². The zero-order valence-electron chi connectivity index (χ0n) is 9.54. The summed E-state index contributed by atoms with van der Waals surface area (Å²) in [5.74, 6) is 0.360. The van der Waals surface area contributed by atoms with E-state index in [4.69, 9.17) is 4.74 Å².